The average molecular weight is 342 g/mol. The minimum Gasteiger partial charge on any atom is -0.486 e. The van der Waals surface area contributed by atoms with Crippen LogP contribution in [-0.2, 0) is 4.79 Å². The summed E-state index contributed by atoms with van der Waals surface area (Å²) in [7, 11) is 0. The van der Waals surface area contributed by atoms with Gasteiger partial charge in [0.1, 0.15) is 13.2 Å². The van der Waals surface area contributed by atoms with Crippen LogP contribution in [-0.4, -0.2) is 48.6 Å². The van der Waals surface area contributed by atoms with Gasteiger partial charge in [-0.15, -0.1) is 0 Å². The number of ether oxygens (including phenoxy) is 2. The number of amides is 1. The van der Waals surface area contributed by atoms with Gasteiger partial charge in [-0.3, -0.25) is 19.4 Å². The van der Waals surface area contributed by atoms with E-state index in [9.17, 15) is 9.59 Å². The van der Waals surface area contributed by atoms with Crippen molar-refractivity contribution in [3.63, 3.8) is 0 Å². The first-order chi connectivity index (χ1) is 12.2. The second-order valence-corrected chi connectivity index (χ2v) is 7.40. The molecule has 4 aliphatic rings. The molecule has 1 amide bonds. The number of hydrogen-bond acceptors (Lipinski definition) is 5. The third-order valence-corrected chi connectivity index (χ3v) is 5.75. The van der Waals surface area contributed by atoms with Gasteiger partial charge in [0.25, 0.3) is 5.78 Å². The van der Waals surface area contributed by atoms with Crippen molar-refractivity contribution < 1.29 is 19.1 Å². The zero-order chi connectivity index (χ0) is 17.0. The first-order valence-electron chi connectivity index (χ1n) is 9.28. The number of ketones is 1. The molecule has 5 rings (SSSR count). The minimum atomic E-state index is -0.436. The lowest BCUT2D eigenvalue weighted by Gasteiger charge is -2.33. The maximum absolute atomic E-state index is 12.6. The molecule has 0 aromatic heterocycles. The zero-order valence-corrected chi connectivity index (χ0v) is 14.2. The fraction of sp³-hybridized carbons (Fsp3) is 0.579. The van der Waals surface area contributed by atoms with E-state index in [1.54, 1.807) is 17.0 Å². The van der Waals surface area contributed by atoms with Crippen molar-refractivity contribution >= 4 is 17.4 Å². The second kappa shape index (κ2) is 5.73. The van der Waals surface area contributed by atoms with Crippen molar-refractivity contribution in [2.45, 2.75) is 50.6 Å². The fourth-order valence-electron chi connectivity index (χ4n) is 4.31. The Balaban J connectivity index is 1.47. The van der Waals surface area contributed by atoms with Crippen LogP contribution >= 0.6 is 0 Å². The molecule has 25 heavy (non-hydrogen) atoms. The van der Waals surface area contributed by atoms with Crippen molar-refractivity contribution in [2.24, 2.45) is 0 Å². The molecule has 0 saturated heterocycles. The van der Waals surface area contributed by atoms with Crippen molar-refractivity contribution in [3.05, 3.63) is 17.7 Å². The van der Waals surface area contributed by atoms with Crippen LogP contribution in [0.15, 0.2) is 12.1 Å². The van der Waals surface area contributed by atoms with Gasteiger partial charge < -0.3 is 9.47 Å². The highest BCUT2D eigenvalue weighted by molar-refractivity contribution is 6.52. The van der Waals surface area contributed by atoms with E-state index >= 15 is 0 Å². The molecular formula is C19H22N2O4. The van der Waals surface area contributed by atoms with Gasteiger partial charge in [-0.1, -0.05) is 12.8 Å². The van der Waals surface area contributed by atoms with Crippen LogP contribution in [0.3, 0.4) is 0 Å². The Hall–Kier alpha value is -2.08. The summed E-state index contributed by atoms with van der Waals surface area (Å²) < 4.78 is 11.2. The van der Waals surface area contributed by atoms with E-state index < -0.39 is 11.7 Å². The molecule has 2 fully saturated rings. The number of benzene rings is 1. The Kier molecular flexibility index (Phi) is 3.48. The van der Waals surface area contributed by atoms with Gasteiger partial charge in [0.05, 0.1) is 17.9 Å². The lowest BCUT2D eigenvalue weighted by Crippen LogP contribution is -2.46. The van der Waals surface area contributed by atoms with E-state index in [1.165, 1.54) is 38.5 Å². The van der Waals surface area contributed by atoms with Crippen molar-refractivity contribution in [1.29, 1.82) is 0 Å². The molecule has 0 N–H and O–H groups in total. The summed E-state index contributed by atoms with van der Waals surface area (Å²) in [4.78, 5) is 29.2. The monoisotopic (exact) mass is 342 g/mol. The first-order valence-corrected chi connectivity index (χ1v) is 9.28. The SMILES string of the molecule is O=C1C(=O)N(CN(C2CCCC2)C2CC2)c2cc3c(cc21)OCCO3. The molecule has 0 spiro atoms. The van der Waals surface area contributed by atoms with Crippen LogP contribution < -0.4 is 14.4 Å². The maximum Gasteiger partial charge on any atom is 0.300 e. The summed E-state index contributed by atoms with van der Waals surface area (Å²) in [6, 6.07) is 4.57. The van der Waals surface area contributed by atoms with Crippen LogP contribution in [0.4, 0.5) is 5.69 Å². The molecule has 0 radical (unpaired) electrons. The van der Waals surface area contributed by atoms with Gasteiger partial charge in [-0.2, -0.15) is 0 Å². The summed E-state index contributed by atoms with van der Waals surface area (Å²) in [6.07, 6.45) is 7.30. The quantitative estimate of drug-likeness (QED) is 0.786. The maximum atomic E-state index is 12.6. The Bertz CT molecular complexity index is 737. The zero-order valence-electron chi connectivity index (χ0n) is 14.2. The van der Waals surface area contributed by atoms with E-state index in [-0.39, 0.29) is 0 Å². The highest BCUT2D eigenvalue weighted by Gasteiger charge is 2.42. The Morgan fingerprint density at radius 1 is 0.960 bits per heavy atom. The van der Waals surface area contributed by atoms with Gasteiger partial charge in [0.15, 0.2) is 11.5 Å². The third-order valence-electron chi connectivity index (χ3n) is 5.75. The summed E-state index contributed by atoms with van der Waals surface area (Å²) >= 11 is 0. The third kappa shape index (κ3) is 2.51. The van der Waals surface area contributed by atoms with Crippen LogP contribution in [0.2, 0.25) is 0 Å². The summed E-state index contributed by atoms with van der Waals surface area (Å²) in [5.74, 6) is 0.314. The number of carbonyl (C=O) groups excluding carboxylic acids is 2. The van der Waals surface area contributed by atoms with Gasteiger partial charge >= 0.3 is 5.91 Å². The van der Waals surface area contributed by atoms with Crippen molar-refractivity contribution in [1.82, 2.24) is 4.90 Å². The molecule has 2 aliphatic heterocycles. The molecular weight excluding hydrogens is 320 g/mol. The summed E-state index contributed by atoms with van der Waals surface area (Å²) in [5.41, 5.74) is 1.11. The van der Waals surface area contributed by atoms with E-state index in [1.807, 2.05) is 0 Å². The number of rotatable bonds is 4. The number of carbonyl (C=O) groups is 2. The number of anilines is 1. The van der Waals surface area contributed by atoms with E-state index in [4.69, 9.17) is 9.47 Å². The molecule has 2 aliphatic carbocycles. The summed E-state index contributed by atoms with van der Waals surface area (Å²) in [5, 5.41) is 0. The smallest absolute Gasteiger partial charge is 0.300 e. The summed E-state index contributed by atoms with van der Waals surface area (Å²) in [6.45, 7) is 1.46. The number of Topliss-reactive ketones (excluding diaryl/α,β-unsaturated/α-hetero) is 1. The van der Waals surface area contributed by atoms with Crippen LogP contribution in [0, 0.1) is 0 Å². The first kappa shape index (κ1) is 15.2. The predicted molar refractivity (Wildman–Crippen MR) is 91.2 cm³/mol. The molecule has 6 nitrogen and oxygen atoms in total. The predicted octanol–water partition coefficient (Wildman–Crippen LogP) is 2.35. The Morgan fingerprint density at radius 2 is 1.60 bits per heavy atom. The molecule has 132 valence electrons. The Morgan fingerprint density at radius 3 is 2.28 bits per heavy atom. The molecule has 1 aromatic rings. The number of nitrogens with zero attached hydrogens (tertiary/aromatic N) is 2. The van der Waals surface area contributed by atoms with E-state index in [0.717, 1.165) is 0 Å². The highest BCUT2D eigenvalue weighted by Crippen LogP contribution is 2.42. The average Bonchev–Trinajstić information content (AvgIpc) is 3.28. The van der Waals surface area contributed by atoms with Gasteiger partial charge in [-0.05, 0) is 31.7 Å². The van der Waals surface area contributed by atoms with Crippen LogP contribution in [0.1, 0.15) is 48.9 Å². The molecule has 6 heteroatoms. The van der Waals surface area contributed by atoms with Gasteiger partial charge in [-0.25, -0.2) is 0 Å². The van der Waals surface area contributed by atoms with Crippen molar-refractivity contribution in [2.75, 3.05) is 24.8 Å². The molecule has 0 atom stereocenters. The molecule has 0 unspecified atom stereocenters. The second-order valence-electron chi connectivity index (χ2n) is 7.40. The Labute approximate surface area is 146 Å². The molecule has 1 aromatic carbocycles. The van der Waals surface area contributed by atoms with E-state index in [2.05, 4.69) is 4.90 Å². The minimum absolute atomic E-state index is 0.430. The van der Waals surface area contributed by atoms with Gasteiger partial charge in [0, 0.05) is 18.2 Å². The topological polar surface area (TPSA) is 59.1 Å². The molecule has 0 bridgehead atoms. The number of fused-ring (bicyclic) bond motifs is 2. The van der Waals surface area contributed by atoms with Crippen LogP contribution in [0.5, 0.6) is 11.5 Å². The standard InChI is InChI=1S/C19H22N2O4/c22-18-14-9-16-17(25-8-7-24-16)10-15(14)21(19(18)23)11-20(13-5-6-13)12-3-1-2-4-12/h9-10,12-13H,1-8,11H2. The molecule has 2 heterocycles. The normalized spacial score (nSPS) is 22.8. The van der Waals surface area contributed by atoms with Crippen molar-refractivity contribution in [3.8, 4) is 11.5 Å². The van der Waals surface area contributed by atoms with E-state index in [0.29, 0.717) is 54.7 Å². The highest BCUT2D eigenvalue weighted by atomic mass is 16.6. The lowest BCUT2D eigenvalue weighted by molar-refractivity contribution is -0.114. The molecule has 2 saturated carbocycles. The largest absolute Gasteiger partial charge is 0.486 e. The van der Waals surface area contributed by atoms with Gasteiger partial charge in [0.2, 0.25) is 0 Å². The number of hydrogen-bond donors (Lipinski definition) is 0. The van der Waals surface area contributed by atoms with Crippen LogP contribution in [0.25, 0.3) is 0 Å². The fourth-order valence-corrected chi connectivity index (χ4v) is 4.31. The lowest BCUT2D eigenvalue weighted by atomic mass is 10.1.